The molecule has 1 atom stereocenters. The van der Waals surface area contributed by atoms with Gasteiger partial charge in [0.25, 0.3) is 0 Å². The Balaban J connectivity index is 1.06. The molecule has 6 heteroatoms. The topological polar surface area (TPSA) is 54.8 Å². The highest BCUT2D eigenvalue weighted by Crippen LogP contribution is 2.42. The van der Waals surface area contributed by atoms with E-state index in [-0.39, 0.29) is 6.17 Å². The van der Waals surface area contributed by atoms with Crippen molar-refractivity contribution in [1.29, 1.82) is 0 Å². The predicted molar refractivity (Wildman–Crippen MR) is 213 cm³/mol. The first-order valence-electron chi connectivity index (χ1n) is 17.1. The Morgan fingerprint density at radius 3 is 2.04 bits per heavy atom. The molecule has 0 radical (unpaired) electrons. The Labute approximate surface area is 296 Å². The molecule has 1 aliphatic rings. The van der Waals surface area contributed by atoms with Crippen molar-refractivity contribution >= 4 is 86.9 Å². The van der Waals surface area contributed by atoms with Crippen molar-refractivity contribution in [3.8, 4) is 5.69 Å². The van der Waals surface area contributed by atoms with Gasteiger partial charge >= 0.3 is 0 Å². The van der Waals surface area contributed by atoms with Crippen LogP contribution in [0.15, 0.2) is 172 Å². The average Bonchev–Trinajstić information content (AvgIpc) is 3.86. The van der Waals surface area contributed by atoms with Crippen molar-refractivity contribution in [3.63, 3.8) is 0 Å². The third-order valence-electron chi connectivity index (χ3n) is 10.1. The molecule has 3 aromatic heterocycles. The third kappa shape index (κ3) is 4.40. The summed E-state index contributed by atoms with van der Waals surface area (Å²) < 4.78 is 11.6. The van der Waals surface area contributed by atoms with Gasteiger partial charge in [-0.05, 0) is 48.0 Å². The van der Waals surface area contributed by atoms with E-state index < -0.39 is 0 Å². The lowest BCUT2D eigenvalue weighted by Crippen LogP contribution is -2.33. The number of nitrogens with one attached hydrogen (secondary N) is 1. The van der Waals surface area contributed by atoms with Gasteiger partial charge in [0.15, 0.2) is 5.84 Å². The summed E-state index contributed by atoms with van der Waals surface area (Å²) in [4.78, 5) is 10.2. The first-order chi connectivity index (χ1) is 25.3. The summed E-state index contributed by atoms with van der Waals surface area (Å²) in [6.07, 6.45) is -0.280. The van der Waals surface area contributed by atoms with Crippen LogP contribution in [0.25, 0.3) is 69.6 Å². The zero-order valence-electron chi connectivity index (χ0n) is 27.2. The molecule has 5 nitrogen and oxygen atoms in total. The molecule has 240 valence electrons. The smallest absolute Gasteiger partial charge is 0.163 e. The highest BCUT2D eigenvalue weighted by atomic mass is 32.1. The average molecular weight is 673 g/mol. The Bertz CT molecular complexity index is 3010. The lowest BCUT2D eigenvalue weighted by molar-refractivity contribution is 0.663. The molecule has 1 aliphatic heterocycles. The summed E-state index contributed by atoms with van der Waals surface area (Å²) in [6.45, 7) is 0. The minimum Gasteiger partial charge on any atom is -0.455 e. The van der Waals surface area contributed by atoms with Gasteiger partial charge in [-0.2, -0.15) is 0 Å². The van der Waals surface area contributed by atoms with Crippen LogP contribution in [0.1, 0.15) is 22.9 Å². The Morgan fingerprint density at radius 1 is 0.569 bits per heavy atom. The molecule has 0 fully saturated rings. The third-order valence-corrected chi connectivity index (χ3v) is 11.2. The van der Waals surface area contributed by atoms with Crippen LogP contribution in [-0.2, 0) is 0 Å². The summed E-state index contributed by atoms with van der Waals surface area (Å²) in [6, 6.07) is 55.5. The number of rotatable bonds is 4. The highest BCUT2D eigenvalue weighted by Gasteiger charge is 2.24. The number of fused-ring (bicyclic) bond motifs is 9. The molecule has 0 amide bonds. The molecule has 0 aliphatic carbocycles. The quantitative estimate of drug-likeness (QED) is 0.202. The van der Waals surface area contributed by atoms with Crippen LogP contribution in [-0.4, -0.2) is 16.2 Å². The largest absolute Gasteiger partial charge is 0.455 e. The van der Waals surface area contributed by atoms with Crippen molar-refractivity contribution in [1.82, 2.24) is 9.88 Å². The van der Waals surface area contributed by atoms with E-state index in [4.69, 9.17) is 14.4 Å². The number of hydrogen-bond acceptors (Lipinski definition) is 5. The predicted octanol–water partition coefficient (Wildman–Crippen LogP) is 11.5. The first-order valence-corrected chi connectivity index (χ1v) is 17.9. The number of benzene rings is 7. The Kier molecular flexibility index (Phi) is 6.12. The molecule has 1 N–H and O–H groups in total. The normalized spacial score (nSPS) is 14.9. The monoisotopic (exact) mass is 672 g/mol. The van der Waals surface area contributed by atoms with Gasteiger partial charge in [-0.25, -0.2) is 9.98 Å². The van der Waals surface area contributed by atoms with Crippen LogP contribution >= 0.6 is 11.3 Å². The van der Waals surface area contributed by atoms with Gasteiger partial charge in [0, 0.05) is 53.0 Å². The summed E-state index contributed by atoms with van der Waals surface area (Å²) >= 11 is 1.81. The number of para-hydroxylation sites is 3. The van der Waals surface area contributed by atoms with E-state index in [9.17, 15) is 0 Å². The lowest BCUT2D eigenvalue weighted by Gasteiger charge is -2.23. The van der Waals surface area contributed by atoms with Gasteiger partial charge < -0.3 is 14.3 Å². The number of aliphatic imine (C=N–C) groups is 2. The van der Waals surface area contributed by atoms with Crippen molar-refractivity contribution in [2.75, 3.05) is 0 Å². The fraction of sp³-hybridized carbons (Fsp3) is 0.0222. The van der Waals surface area contributed by atoms with Gasteiger partial charge in [0.1, 0.15) is 23.2 Å². The maximum absolute atomic E-state index is 6.73. The SMILES string of the molecule is c1ccc(C2=NC(c3cccc4c3oc3cc5sc6cc(-n7c8ccccc8c8ccccc87)ccc6c5cc34)=NC(c3ccccc3)N2)cc1. The standard InChI is InChI=1S/C45H28N4OS/c1-3-12-27(13-4-1)43-46-44(28-14-5-2-6-15-28)48-45(47-43)34-19-11-18-33-35-25-36-32-23-22-29(24-40(32)51-41(36)26-39(35)50-42(33)34)49-37-20-9-7-16-30(37)31-17-8-10-21-38(31)49/h1-26,43H,(H,46,47,48). The zero-order chi connectivity index (χ0) is 33.5. The van der Waals surface area contributed by atoms with Crippen molar-refractivity contribution in [2.45, 2.75) is 6.17 Å². The van der Waals surface area contributed by atoms with Crippen LogP contribution in [0.5, 0.6) is 0 Å². The molecule has 11 rings (SSSR count). The molecular formula is C45H28N4OS. The van der Waals surface area contributed by atoms with E-state index in [2.05, 4.69) is 131 Å². The number of aromatic nitrogens is 1. The van der Waals surface area contributed by atoms with Gasteiger partial charge in [-0.15, -0.1) is 11.3 Å². The summed E-state index contributed by atoms with van der Waals surface area (Å²) in [7, 11) is 0. The van der Waals surface area contributed by atoms with E-state index in [1.165, 1.54) is 42.0 Å². The van der Waals surface area contributed by atoms with E-state index in [1.807, 2.05) is 47.7 Å². The van der Waals surface area contributed by atoms with Crippen LogP contribution in [0.2, 0.25) is 0 Å². The van der Waals surface area contributed by atoms with Gasteiger partial charge in [0.2, 0.25) is 0 Å². The van der Waals surface area contributed by atoms with Crippen LogP contribution in [0.3, 0.4) is 0 Å². The second kappa shape index (κ2) is 11.0. The molecule has 0 bridgehead atoms. The second-order valence-electron chi connectivity index (χ2n) is 13.0. The maximum Gasteiger partial charge on any atom is 0.163 e. The van der Waals surface area contributed by atoms with E-state index >= 15 is 0 Å². The van der Waals surface area contributed by atoms with Crippen molar-refractivity contribution < 1.29 is 4.42 Å². The molecule has 0 spiro atoms. The fourth-order valence-electron chi connectivity index (χ4n) is 7.69. The molecule has 7 aromatic carbocycles. The fourth-order valence-corrected chi connectivity index (χ4v) is 8.84. The van der Waals surface area contributed by atoms with Gasteiger partial charge in [0.05, 0.1) is 16.6 Å². The molecule has 0 saturated heterocycles. The molecule has 0 saturated carbocycles. The first kappa shape index (κ1) is 28.3. The Morgan fingerprint density at radius 2 is 1.25 bits per heavy atom. The number of hydrogen-bond donors (Lipinski definition) is 1. The highest BCUT2D eigenvalue weighted by molar-refractivity contribution is 7.25. The van der Waals surface area contributed by atoms with Crippen molar-refractivity contribution in [3.05, 3.63) is 174 Å². The van der Waals surface area contributed by atoms with Crippen LogP contribution in [0.4, 0.5) is 0 Å². The molecular weight excluding hydrogens is 645 g/mol. The van der Waals surface area contributed by atoms with Gasteiger partial charge in [-0.3, -0.25) is 0 Å². The lowest BCUT2D eigenvalue weighted by atomic mass is 10.0. The van der Waals surface area contributed by atoms with E-state index in [0.29, 0.717) is 5.84 Å². The summed E-state index contributed by atoms with van der Waals surface area (Å²) in [5.74, 6) is 1.44. The summed E-state index contributed by atoms with van der Waals surface area (Å²) in [5, 5.41) is 10.7. The Hall–Kier alpha value is -6.50. The van der Waals surface area contributed by atoms with Crippen LogP contribution < -0.4 is 5.32 Å². The number of amidine groups is 2. The maximum atomic E-state index is 6.73. The van der Waals surface area contributed by atoms with Gasteiger partial charge in [-0.1, -0.05) is 115 Å². The minimum atomic E-state index is -0.280. The van der Waals surface area contributed by atoms with Crippen molar-refractivity contribution in [2.24, 2.45) is 9.98 Å². The van der Waals surface area contributed by atoms with E-state index in [1.54, 1.807) is 0 Å². The molecule has 10 aromatic rings. The molecule has 4 heterocycles. The summed E-state index contributed by atoms with van der Waals surface area (Å²) in [5.41, 5.74) is 8.22. The second-order valence-corrected chi connectivity index (χ2v) is 14.1. The molecule has 51 heavy (non-hydrogen) atoms. The zero-order valence-corrected chi connectivity index (χ0v) is 28.1. The number of nitrogens with zero attached hydrogens (tertiary/aromatic N) is 3. The number of thiophene rings is 1. The number of furan rings is 1. The van der Waals surface area contributed by atoms with E-state index in [0.717, 1.165) is 50.2 Å². The minimum absolute atomic E-state index is 0.280. The molecule has 1 unspecified atom stereocenters. The van der Waals surface area contributed by atoms with Crippen LogP contribution in [0, 0.1) is 0 Å².